The van der Waals surface area contributed by atoms with Crippen LogP contribution in [-0.2, 0) is 6.42 Å². The van der Waals surface area contributed by atoms with Crippen LogP contribution in [-0.4, -0.2) is 12.9 Å². The SMILES string of the molecule is COc1ccc(Br)c(CC(=O)c2cccc(C)c2I)c1. The van der Waals surface area contributed by atoms with Crippen molar-refractivity contribution in [3.63, 3.8) is 0 Å². The topological polar surface area (TPSA) is 26.3 Å². The van der Waals surface area contributed by atoms with Gasteiger partial charge in [0.25, 0.3) is 0 Å². The van der Waals surface area contributed by atoms with Crippen molar-refractivity contribution in [2.24, 2.45) is 0 Å². The fraction of sp³-hybridized carbons (Fsp3) is 0.188. The molecule has 2 aromatic carbocycles. The van der Waals surface area contributed by atoms with E-state index in [1.807, 2.05) is 43.3 Å². The van der Waals surface area contributed by atoms with Crippen LogP contribution in [0.3, 0.4) is 0 Å². The molecule has 0 atom stereocenters. The van der Waals surface area contributed by atoms with Crippen LogP contribution < -0.4 is 4.74 Å². The van der Waals surface area contributed by atoms with E-state index in [2.05, 4.69) is 38.5 Å². The molecule has 0 radical (unpaired) electrons. The fourth-order valence-electron chi connectivity index (χ4n) is 1.94. The maximum absolute atomic E-state index is 12.5. The van der Waals surface area contributed by atoms with Gasteiger partial charge >= 0.3 is 0 Å². The molecule has 0 amide bonds. The Bertz CT molecular complexity index is 653. The van der Waals surface area contributed by atoms with Crippen LogP contribution in [0.1, 0.15) is 21.5 Å². The lowest BCUT2D eigenvalue weighted by atomic mass is 10.0. The summed E-state index contributed by atoms with van der Waals surface area (Å²) in [6.45, 7) is 2.01. The molecule has 0 aliphatic heterocycles. The van der Waals surface area contributed by atoms with E-state index < -0.39 is 0 Å². The van der Waals surface area contributed by atoms with Gasteiger partial charge in [-0.3, -0.25) is 4.79 Å². The number of hydrogen-bond donors (Lipinski definition) is 0. The highest BCUT2D eigenvalue weighted by Crippen LogP contribution is 2.25. The average Bonchev–Trinajstić information content (AvgIpc) is 2.44. The van der Waals surface area contributed by atoms with Gasteiger partial charge in [-0.2, -0.15) is 0 Å². The maximum atomic E-state index is 12.5. The number of carbonyl (C=O) groups excluding carboxylic acids is 1. The third kappa shape index (κ3) is 3.41. The first-order valence-corrected chi connectivity index (χ1v) is 8.01. The first-order valence-electron chi connectivity index (χ1n) is 6.13. The molecule has 2 rings (SSSR count). The Morgan fingerprint density at radius 3 is 2.75 bits per heavy atom. The number of methoxy groups -OCH3 is 1. The van der Waals surface area contributed by atoms with E-state index in [1.165, 1.54) is 0 Å². The molecular formula is C16H14BrIO2. The summed E-state index contributed by atoms with van der Waals surface area (Å²) in [7, 11) is 1.62. The molecule has 0 saturated heterocycles. The highest BCUT2D eigenvalue weighted by Gasteiger charge is 2.14. The van der Waals surface area contributed by atoms with E-state index in [1.54, 1.807) is 7.11 Å². The van der Waals surface area contributed by atoms with Crippen molar-refractivity contribution in [3.8, 4) is 5.75 Å². The molecule has 0 fully saturated rings. The van der Waals surface area contributed by atoms with Crippen LogP contribution in [0.4, 0.5) is 0 Å². The third-order valence-corrected chi connectivity index (χ3v) is 5.30. The lowest BCUT2D eigenvalue weighted by Gasteiger charge is -2.09. The van der Waals surface area contributed by atoms with Crippen LogP contribution >= 0.6 is 38.5 Å². The second kappa shape index (κ2) is 6.72. The Hall–Kier alpha value is -0.880. The summed E-state index contributed by atoms with van der Waals surface area (Å²) in [5.74, 6) is 0.877. The van der Waals surface area contributed by atoms with Crippen molar-refractivity contribution >= 4 is 44.3 Å². The lowest BCUT2D eigenvalue weighted by molar-refractivity contribution is 0.0992. The van der Waals surface area contributed by atoms with Gasteiger partial charge in [-0.05, 0) is 58.8 Å². The smallest absolute Gasteiger partial charge is 0.168 e. The summed E-state index contributed by atoms with van der Waals surface area (Å²) in [5.41, 5.74) is 2.84. The molecule has 0 aliphatic carbocycles. The van der Waals surface area contributed by atoms with Crippen LogP contribution in [0, 0.1) is 10.5 Å². The predicted octanol–water partition coefficient (Wildman–Crippen LogP) is 4.80. The number of rotatable bonds is 4. The van der Waals surface area contributed by atoms with E-state index in [0.717, 1.165) is 30.5 Å². The van der Waals surface area contributed by atoms with Crippen molar-refractivity contribution in [1.29, 1.82) is 0 Å². The normalized spacial score (nSPS) is 10.4. The van der Waals surface area contributed by atoms with Gasteiger partial charge in [0.05, 0.1) is 7.11 Å². The minimum Gasteiger partial charge on any atom is -0.497 e. The highest BCUT2D eigenvalue weighted by atomic mass is 127. The van der Waals surface area contributed by atoms with Gasteiger partial charge < -0.3 is 4.74 Å². The number of hydrogen-bond acceptors (Lipinski definition) is 2. The fourth-order valence-corrected chi connectivity index (χ4v) is 2.99. The molecule has 104 valence electrons. The van der Waals surface area contributed by atoms with E-state index in [-0.39, 0.29) is 5.78 Å². The van der Waals surface area contributed by atoms with Gasteiger partial charge in [0.1, 0.15) is 5.75 Å². The molecule has 0 aromatic heterocycles. The first-order chi connectivity index (χ1) is 9.52. The van der Waals surface area contributed by atoms with E-state index in [0.29, 0.717) is 6.42 Å². The van der Waals surface area contributed by atoms with Crippen molar-refractivity contribution in [3.05, 3.63) is 61.1 Å². The zero-order valence-corrected chi connectivity index (χ0v) is 15.0. The molecule has 4 heteroatoms. The van der Waals surface area contributed by atoms with Gasteiger partial charge in [0, 0.05) is 20.0 Å². The van der Waals surface area contributed by atoms with Crippen molar-refractivity contribution < 1.29 is 9.53 Å². The molecule has 0 unspecified atom stereocenters. The first kappa shape index (κ1) is 15.5. The highest BCUT2D eigenvalue weighted by molar-refractivity contribution is 14.1. The van der Waals surface area contributed by atoms with Gasteiger partial charge in [0.2, 0.25) is 0 Å². The quantitative estimate of drug-likeness (QED) is 0.500. The Morgan fingerprint density at radius 1 is 1.30 bits per heavy atom. The monoisotopic (exact) mass is 444 g/mol. The summed E-state index contributed by atoms with van der Waals surface area (Å²) >= 11 is 5.71. The van der Waals surface area contributed by atoms with Crippen molar-refractivity contribution in [2.45, 2.75) is 13.3 Å². The lowest BCUT2D eigenvalue weighted by Crippen LogP contribution is -2.07. The molecule has 0 heterocycles. The summed E-state index contributed by atoms with van der Waals surface area (Å²) < 4.78 is 7.15. The van der Waals surface area contributed by atoms with Gasteiger partial charge in [0.15, 0.2) is 5.78 Å². The summed E-state index contributed by atoms with van der Waals surface area (Å²) in [6, 6.07) is 11.5. The average molecular weight is 445 g/mol. The van der Waals surface area contributed by atoms with E-state index in [4.69, 9.17) is 4.74 Å². The molecule has 0 aliphatic rings. The second-order valence-corrected chi connectivity index (χ2v) is 6.43. The molecule has 0 N–H and O–H groups in total. The molecule has 2 aromatic rings. The number of carbonyl (C=O) groups is 1. The van der Waals surface area contributed by atoms with Gasteiger partial charge in [-0.1, -0.05) is 34.1 Å². The van der Waals surface area contributed by atoms with Crippen LogP contribution in [0.15, 0.2) is 40.9 Å². The summed E-state index contributed by atoms with van der Waals surface area (Å²) in [4.78, 5) is 12.5. The van der Waals surface area contributed by atoms with Gasteiger partial charge in [-0.15, -0.1) is 0 Å². The number of ether oxygens (including phenoxy) is 1. The van der Waals surface area contributed by atoms with Crippen LogP contribution in [0.25, 0.3) is 0 Å². The Morgan fingerprint density at radius 2 is 2.05 bits per heavy atom. The predicted molar refractivity (Wildman–Crippen MR) is 92.6 cm³/mol. The zero-order chi connectivity index (χ0) is 14.7. The minimum absolute atomic E-state index is 0.118. The summed E-state index contributed by atoms with van der Waals surface area (Å²) in [6.07, 6.45) is 0.358. The van der Waals surface area contributed by atoms with E-state index >= 15 is 0 Å². The van der Waals surface area contributed by atoms with Gasteiger partial charge in [-0.25, -0.2) is 0 Å². The van der Waals surface area contributed by atoms with Crippen LogP contribution in [0.5, 0.6) is 5.75 Å². The molecule has 0 spiro atoms. The standard InChI is InChI=1S/C16H14BrIO2/c1-10-4-3-5-13(16(10)18)15(19)9-11-8-12(20-2)6-7-14(11)17/h3-8H,9H2,1-2H3. The molecule has 0 bridgehead atoms. The molecule has 0 saturated carbocycles. The molecular weight excluding hydrogens is 431 g/mol. The van der Waals surface area contributed by atoms with Crippen LogP contribution in [0.2, 0.25) is 0 Å². The Labute approximate surface area is 140 Å². The second-order valence-electron chi connectivity index (χ2n) is 4.49. The Balaban J connectivity index is 2.30. The number of benzene rings is 2. The number of aryl methyl sites for hydroxylation is 1. The number of halogens is 2. The number of ketones is 1. The van der Waals surface area contributed by atoms with E-state index in [9.17, 15) is 4.79 Å². The summed E-state index contributed by atoms with van der Waals surface area (Å²) in [5, 5.41) is 0. The largest absolute Gasteiger partial charge is 0.497 e. The number of Topliss-reactive ketones (excluding diaryl/α,β-unsaturated/α-hetero) is 1. The van der Waals surface area contributed by atoms with Crippen molar-refractivity contribution in [2.75, 3.05) is 7.11 Å². The maximum Gasteiger partial charge on any atom is 0.168 e. The molecule has 20 heavy (non-hydrogen) atoms. The minimum atomic E-state index is 0.118. The third-order valence-electron chi connectivity index (χ3n) is 3.10. The zero-order valence-electron chi connectivity index (χ0n) is 11.2. The van der Waals surface area contributed by atoms with Crippen molar-refractivity contribution in [1.82, 2.24) is 0 Å². The molecule has 2 nitrogen and oxygen atoms in total. The Kier molecular flexibility index (Phi) is 5.21.